The smallest absolute Gasteiger partial charge is 0.191 e. The minimum atomic E-state index is -1.03. The molecule has 0 aromatic heterocycles. The maximum absolute atomic E-state index is 13.7. The molecule has 0 aliphatic carbocycles. The molecule has 0 amide bonds. The fourth-order valence-electron chi connectivity index (χ4n) is 2.39. The summed E-state index contributed by atoms with van der Waals surface area (Å²) in [6, 6.07) is 11.9. The summed E-state index contributed by atoms with van der Waals surface area (Å²) >= 11 is 0. The van der Waals surface area contributed by atoms with Gasteiger partial charge >= 0.3 is 0 Å². The maximum Gasteiger partial charge on any atom is 0.191 e. The van der Waals surface area contributed by atoms with Gasteiger partial charge in [0.2, 0.25) is 0 Å². The van der Waals surface area contributed by atoms with Crippen molar-refractivity contribution in [2.24, 2.45) is 4.99 Å². The van der Waals surface area contributed by atoms with Crippen molar-refractivity contribution in [1.82, 2.24) is 10.6 Å². The number of rotatable bonds is 8. The summed E-state index contributed by atoms with van der Waals surface area (Å²) < 4.78 is 32.3. The molecule has 0 aliphatic heterocycles. The van der Waals surface area contributed by atoms with E-state index in [0.717, 1.165) is 0 Å². The van der Waals surface area contributed by atoms with E-state index < -0.39 is 11.9 Å². The van der Waals surface area contributed by atoms with Crippen LogP contribution in [0.3, 0.4) is 0 Å². The first-order valence-corrected chi connectivity index (χ1v) is 8.86. The van der Waals surface area contributed by atoms with Gasteiger partial charge < -0.3 is 20.5 Å². The van der Waals surface area contributed by atoms with Crippen molar-refractivity contribution >= 4 is 29.9 Å². The lowest BCUT2D eigenvalue weighted by Gasteiger charge is -2.18. The molecule has 0 radical (unpaired) electrons. The largest absolute Gasteiger partial charge is 0.489 e. The molecule has 0 bridgehead atoms. The molecule has 0 aliphatic rings. The topological polar surface area (TPSA) is 65.9 Å². The van der Waals surface area contributed by atoms with E-state index in [1.165, 1.54) is 24.3 Å². The Morgan fingerprint density at radius 2 is 1.79 bits per heavy atom. The highest BCUT2D eigenvalue weighted by Gasteiger charge is 2.12. The van der Waals surface area contributed by atoms with E-state index in [-0.39, 0.29) is 48.0 Å². The summed E-state index contributed by atoms with van der Waals surface area (Å²) in [5.74, 6) is 0.285. The summed E-state index contributed by atoms with van der Waals surface area (Å²) in [6.45, 7) is 4.88. The van der Waals surface area contributed by atoms with Crippen LogP contribution in [0.25, 0.3) is 0 Å². The quantitative estimate of drug-likeness (QED) is 0.291. The Balaban J connectivity index is 0.00000392. The molecule has 2 atom stereocenters. The van der Waals surface area contributed by atoms with Crippen LogP contribution in [-0.4, -0.2) is 36.8 Å². The van der Waals surface area contributed by atoms with Crippen LogP contribution in [-0.2, 0) is 0 Å². The zero-order valence-electron chi connectivity index (χ0n) is 15.9. The molecule has 2 rings (SSSR count). The second-order valence-corrected chi connectivity index (χ2v) is 6.02. The Bertz CT molecular complexity index is 744. The molecule has 154 valence electrons. The van der Waals surface area contributed by atoms with E-state index >= 15 is 0 Å². The van der Waals surface area contributed by atoms with Crippen molar-refractivity contribution in [3.63, 3.8) is 0 Å². The molecule has 2 unspecified atom stereocenters. The van der Waals surface area contributed by atoms with Crippen molar-refractivity contribution in [3.05, 3.63) is 65.7 Å². The first-order valence-electron chi connectivity index (χ1n) is 8.86. The van der Waals surface area contributed by atoms with Crippen molar-refractivity contribution < 1.29 is 18.6 Å². The second-order valence-electron chi connectivity index (χ2n) is 6.02. The fourth-order valence-corrected chi connectivity index (χ4v) is 2.39. The number of nitrogens with zero attached hydrogens (tertiary/aromatic N) is 1. The zero-order chi connectivity index (χ0) is 19.6. The van der Waals surface area contributed by atoms with Crippen molar-refractivity contribution in [2.75, 3.05) is 19.6 Å². The molecule has 0 saturated heterocycles. The standard InChI is InChI=1S/C20H25F2N3O2.HI/c1-3-23-20(25-13-19(26)17-6-4-5-7-18(17)22)24-12-14(2)27-16-10-8-15(21)9-11-16;/h4-11,14,19,26H,3,12-13H2,1-2H3,(H2,23,24,25);1H. The highest BCUT2D eigenvalue weighted by molar-refractivity contribution is 14.0. The maximum atomic E-state index is 13.7. The molecule has 28 heavy (non-hydrogen) atoms. The van der Waals surface area contributed by atoms with Crippen LogP contribution in [0.15, 0.2) is 53.5 Å². The monoisotopic (exact) mass is 505 g/mol. The van der Waals surface area contributed by atoms with Gasteiger partial charge in [0.05, 0.1) is 13.1 Å². The molecular weight excluding hydrogens is 479 g/mol. The van der Waals surface area contributed by atoms with Crippen LogP contribution in [0.2, 0.25) is 0 Å². The Kier molecular flexibility index (Phi) is 10.8. The summed E-state index contributed by atoms with van der Waals surface area (Å²) in [6.07, 6.45) is -1.23. The third kappa shape index (κ3) is 7.97. The third-order valence-electron chi connectivity index (χ3n) is 3.74. The Hall–Kier alpha value is -1.94. The van der Waals surface area contributed by atoms with Crippen LogP contribution < -0.4 is 15.4 Å². The van der Waals surface area contributed by atoms with Crippen molar-refractivity contribution in [2.45, 2.75) is 26.1 Å². The molecule has 0 fully saturated rings. The molecule has 2 aromatic carbocycles. The van der Waals surface area contributed by atoms with Gasteiger partial charge in [0.1, 0.15) is 29.6 Å². The number of nitrogens with one attached hydrogen (secondary N) is 2. The van der Waals surface area contributed by atoms with E-state index in [1.807, 2.05) is 13.8 Å². The Morgan fingerprint density at radius 1 is 1.11 bits per heavy atom. The predicted molar refractivity (Wildman–Crippen MR) is 117 cm³/mol. The van der Waals surface area contributed by atoms with E-state index in [4.69, 9.17) is 4.74 Å². The van der Waals surface area contributed by atoms with Gasteiger partial charge in [0.25, 0.3) is 0 Å². The Morgan fingerprint density at radius 3 is 2.43 bits per heavy atom. The number of aliphatic hydroxyl groups is 1. The number of hydrogen-bond donors (Lipinski definition) is 3. The number of aliphatic hydroxyl groups excluding tert-OH is 1. The van der Waals surface area contributed by atoms with E-state index in [1.54, 1.807) is 24.3 Å². The number of guanidine groups is 1. The van der Waals surface area contributed by atoms with Crippen LogP contribution in [0, 0.1) is 11.6 Å². The lowest BCUT2D eigenvalue weighted by atomic mass is 10.1. The fraction of sp³-hybridized carbons (Fsp3) is 0.350. The number of halogens is 3. The van der Waals surface area contributed by atoms with Crippen LogP contribution in [0.1, 0.15) is 25.5 Å². The van der Waals surface area contributed by atoms with Crippen LogP contribution >= 0.6 is 24.0 Å². The zero-order valence-corrected chi connectivity index (χ0v) is 18.2. The Labute approximate surface area is 181 Å². The van der Waals surface area contributed by atoms with Crippen LogP contribution in [0.4, 0.5) is 8.78 Å². The lowest BCUT2D eigenvalue weighted by molar-refractivity contribution is 0.182. The molecule has 5 nitrogen and oxygen atoms in total. The summed E-state index contributed by atoms with van der Waals surface area (Å²) in [4.78, 5) is 4.29. The van der Waals surface area contributed by atoms with Crippen LogP contribution in [0.5, 0.6) is 5.75 Å². The van der Waals surface area contributed by atoms with Gasteiger partial charge in [-0.2, -0.15) is 0 Å². The highest BCUT2D eigenvalue weighted by atomic mass is 127. The molecule has 2 aromatic rings. The molecule has 3 N–H and O–H groups in total. The lowest BCUT2D eigenvalue weighted by Crippen LogP contribution is -2.42. The first-order chi connectivity index (χ1) is 13.0. The molecule has 8 heteroatoms. The minimum absolute atomic E-state index is 0. The number of hydrogen-bond acceptors (Lipinski definition) is 3. The van der Waals surface area contributed by atoms with E-state index in [0.29, 0.717) is 24.8 Å². The molecule has 0 spiro atoms. The third-order valence-corrected chi connectivity index (χ3v) is 3.74. The highest BCUT2D eigenvalue weighted by Crippen LogP contribution is 2.16. The van der Waals surface area contributed by atoms with Gasteiger partial charge in [-0.05, 0) is 44.2 Å². The van der Waals surface area contributed by atoms with E-state index in [2.05, 4.69) is 15.6 Å². The second kappa shape index (κ2) is 12.5. The summed E-state index contributed by atoms with van der Waals surface area (Å²) in [5, 5.41) is 16.3. The number of benzene rings is 2. The molecule has 0 heterocycles. The minimum Gasteiger partial charge on any atom is -0.489 e. The van der Waals surface area contributed by atoms with Crippen molar-refractivity contribution in [1.29, 1.82) is 0 Å². The number of aliphatic imine (C=N–C) groups is 1. The van der Waals surface area contributed by atoms with Gasteiger partial charge in [0.15, 0.2) is 5.96 Å². The molecular formula is C20H26F2IN3O2. The van der Waals surface area contributed by atoms with Crippen molar-refractivity contribution in [3.8, 4) is 5.75 Å². The average molecular weight is 505 g/mol. The van der Waals surface area contributed by atoms with Gasteiger partial charge in [-0.1, -0.05) is 18.2 Å². The van der Waals surface area contributed by atoms with Gasteiger partial charge in [0, 0.05) is 12.1 Å². The SMILES string of the molecule is CCNC(=NCC(O)c1ccccc1F)NCC(C)Oc1ccc(F)cc1.I. The normalized spacial score (nSPS) is 13.2. The summed E-state index contributed by atoms with van der Waals surface area (Å²) in [7, 11) is 0. The predicted octanol–water partition coefficient (Wildman–Crippen LogP) is 3.64. The number of ether oxygens (including phenoxy) is 1. The summed E-state index contributed by atoms with van der Waals surface area (Å²) in [5.41, 5.74) is 0.213. The van der Waals surface area contributed by atoms with Gasteiger partial charge in [-0.3, -0.25) is 4.99 Å². The van der Waals surface area contributed by atoms with Gasteiger partial charge in [-0.15, -0.1) is 24.0 Å². The first kappa shape index (κ1) is 24.1. The van der Waals surface area contributed by atoms with E-state index in [9.17, 15) is 13.9 Å². The average Bonchev–Trinajstić information content (AvgIpc) is 2.66. The molecule has 0 saturated carbocycles. The van der Waals surface area contributed by atoms with Gasteiger partial charge in [-0.25, -0.2) is 8.78 Å².